The predicted molar refractivity (Wildman–Crippen MR) is 90.1 cm³/mol. The second-order valence-corrected chi connectivity index (χ2v) is 6.20. The van der Waals surface area contributed by atoms with Crippen LogP contribution in [0.4, 0.5) is 5.82 Å². The Labute approximate surface area is 138 Å². The summed E-state index contributed by atoms with van der Waals surface area (Å²) in [6, 6.07) is 6.01. The molecule has 1 aliphatic rings. The van der Waals surface area contributed by atoms with E-state index in [0.717, 1.165) is 38.4 Å². The van der Waals surface area contributed by atoms with E-state index in [4.69, 9.17) is 0 Å². The Morgan fingerprint density at radius 3 is 2.87 bits per heavy atom. The van der Waals surface area contributed by atoms with Gasteiger partial charge in [0, 0.05) is 45.5 Å². The second-order valence-electron chi connectivity index (χ2n) is 6.20. The monoisotopic (exact) mass is 315 g/mol. The summed E-state index contributed by atoms with van der Waals surface area (Å²) >= 11 is 0. The first-order valence-electron chi connectivity index (χ1n) is 8.11. The fraction of sp³-hybridized carbons (Fsp3) is 0.588. The van der Waals surface area contributed by atoms with Gasteiger partial charge in [0.15, 0.2) is 0 Å². The molecule has 0 bridgehead atoms. The first-order valence-corrected chi connectivity index (χ1v) is 8.11. The fourth-order valence-electron chi connectivity index (χ4n) is 2.67. The Hall–Kier alpha value is -2.13. The second kappa shape index (κ2) is 7.93. The van der Waals surface area contributed by atoms with Gasteiger partial charge in [0.05, 0.1) is 12.1 Å². The first-order chi connectivity index (χ1) is 11.0. The normalized spacial score (nSPS) is 16.0. The van der Waals surface area contributed by atoms with Crippen LogP contribution in [0, 0.1) is 11.3 Å². The fourth-order valence-corrected chi connectivity index (χ4v) is 2.67. The van der Waals surface area contributed by atoms with E-state index in [1.807, 2.05) is 20.9 Å². The minimum absolute atomic E-state index is 0.156. The van der Waals surface area contributed by atoms with Crippen LogP contribution in [-0.2, 0) is 4.79 Å². The minimum Gasteiger partial charge on any atom is -0.354 e. The zero-order valence-electron chi connectivity index (χ0n) is 14.2. The lowest BCUT2D eigenvalue weighted by Gasteiger charge is -2.26. The average molecular weight is 315 g/mol. The van der Waals surface area contributed by atoms with Crippen LogP contribution in [0.15, 0.2) is 18.3 Å². The topological polar surface area (TPSA) is 63.5 Å². The molecule has 1 fully saturated rings. The van der Waals surface area contributed by atoms with Crippen LogP contribution in [0.5, 0.6) is 0 Å². The smallest absolute Gasteiger partial charge is 0.236 e. The molecule has 2 heterocycles. The molecule has 0 unspecified atom stereocenters. The predicted octanol–water partition coefficient (Wildman–Crippen LogP) is 1.33. The van der Waals surface area contributed by atoms with E-state index in [2.05, 4.69) is 20.9 Å². The molecule has 6 nitrogen and oxygen atoms in total. The van der Waals surface area contributed by atoms with E-state index < -0.39 is 0 Å². The summed E-state index contributed by atoms with van der Waals surface area (Å²) in [5.41, 5.74) is 0.608. The molecule has 0 radical (unpaired) electrons. The van der Waals surface area contributed by atoms with Crippen LogP contribution in [0.1, 0.15) is 25.8 Å². The Bertz CT molecular complexity index is 581. The van der Waals surface area contributed by atoms with E-state index in [9.17, 15) is 10.1 Å². The molecule has 1 aromatic rings. The maximum Gasteiger partial charge on any atom is 0.236 e. The van der Waals surface area contributed by atoms with Crippen molar-refractivity contribution in [3.63, 3.8) is 0 Å². The molecule has 0 spiro atoms. The third-order valence-electron chi connectivity index (χ3n) is 4.32. The van der Waals surface area contributed by atoms with Crippen molar-refractivity contribution in [3.05, 3.63) is 23.9 Å². The zero-order chi connectivity index (χ0) is 16.8. The highest BCUT2D eigenvalue weighted by atomic mass is 16.2. The van der Waals surface area contributed by atoms with Crippen LogP contribution in [0.3, 0.4) is 0 Å². The van der Waals surface area contributed by atoms with Crippen molar-refractivity contribution in [2.75, 3.05) is 44.7 Å². The van der Waals surface area contributed by atoms with Crippen molar-refractivity contribution < 1.29 is 4.79 Å². The highest BCUT2D eigenvalue weighted by Crippen LogP contribution is 2.18. The van der Waals surface area contributed by atoms with Crippen molar-refractivity contribution >= 4 is 11.7 Å². The zero-order valence-corrected chi connectivity index (χ0v) is 14.2. The van der Waals surface area contributed by atoms with E-state index in [-0.39, 0.29) is 11.9 Å². The largest absolute Gasteiger partial charge is 0.354 e. The molecule has 23 heavy (non-hydrogen) atoms. The first kappa shape index (κ1) is 17.2. The van der Waals surface area contributed by atoms with E-state index in [0.29, 0.717) is 12.1 Å². The molecule has 0 saturated carbocycles. The van der Waals surface area contributed by atoms with Crippen LogP contribution >= 0.6 is 0 Å². The summed E-state index contributed by atoms with van der Waals surface area (Å²) < 4.78 is 0. The molecule has 1 aliphatic heterocycles. The summed E-state index contributed by atoms with van der Waals surface area (Å²) in [6.07, 6.45) is 2.68. The SMILES string of the molecule is CC(C)N(C)C(=O)CN1CCCN(c2ncccc2C#N)CC1. The molecule has 0 aliphatic carbocycles. The lowest BCUT2D eigenvalue weighted by molar-refractivity contribution is -0.132. The van der Waals surface area contributed by atoms with Crippen LogP contribution < -0.4 is 4.90 Å². The van der Waals surface area contributed by atoms with E-state index in [1.54, 1.807) is 23.2 Å². The van der Waals surface area contributed by atoms with Crippen molar-refractivity contribution in [1.29, 1.82) is 5.26 Å². The number of hydrogen-bond acceptors (Lipinski definition) is 5. The van der Waals surface area contributed by atoms with Gasteiger partial charge < -0.3 is 9.80 Å². The summed E-state index contributed by atoms with van der Waals surface area (Å²) in [5.74, 6) is 0.909. The van der Waals surface area contributed by atoms with Crippen LogP contribution in [0.25, 0.3) is 0 Å². The molecule has 1 aromatic heterocycles. The van der Waals surface area contributed by atoms with Gasteiger partial charge in [0.1, 0.15) is 11.9 Å². The molecule has 0 N–H and O–H groups in total. The number of nitrogens with zero attached hydrogens (tertiary/aromatic N) is 5. The highest BCUT2D eigenvalue weighted by molar-refractivity contribution is 5.78. The lowest BCUT2D eigenvalue weighted by atomic mass is 10.2. The summed E-state index contributed by atoms with van der Waals surface area (Å²) in [4.78, 5) is 22.7. The van der Waals surface area contributed by atoms with E-state index in [1.165, 1.54) is 0 Å². The quantitative estimate of drug-likeness (QED) is 0.839. The Kier molecular flexibility index (Phi) is 5.94. The molecule has 0 atom stereocenters. The molecule has 1 saturated heterocycles. The highest BCUT2D eigenvalue weighted by Gasteiger charge is 2.21. The van der Waals surface area contributed by atoms with Crippen molar-refractivity contribution in [2.45, 2.75) is 26.3 Å². The van der Waals surface area contributed by atoms with Crippen molar-refractivity contribution in [1.82, 2.24) is 14.8 Å². The number of pyridine rings is 1. The number of amides is 1. The van der Waals surface area contributed by atoms with Gasteiger partial charge in [-0.2, -0.15) is 5.26 Å². The molecule has 124 valence electrons. The number of carbonyl (C=O) groups is 1. The van der Waals surface area contributed by atoms with Gasteiger partial charge in [-0.25, -0.2) is 4.98 Å². The number of rotatable bonds is 4. The summed E-state index contributed by atoms with van der Waals surface area (Å²) in [5, 5.41) is 9.23. The van der Waals surface area contributed by atoms with Gasteiger partial charge in [0.2, 0.25) is 5.91 Å². The number of likely N-dealkylation sites (N-methyl/N-ethyl adjacent to an activating group) is 1. The Morgan fingerprint density at radius 2 is 2.17 bits per heavy atom. The van der Waals surface area contributed by atoms with Crippen molar-refractivity contribution in [2.24, 2.45) is 0 Å². The Morgan fingerprint density at radius 1 is 1.39 bits per heavy atom. The maximum absolute atomic E-state index is 12.2. The van der Waals surface area contributed by atoms with Gasteiger partial charge in [-0.3, -0.25) is 9.69 Å². The number of anilines is 1. The van der Waals surface area contributed by atoms with Gasteiger partial charge in [-0.1, -0.05) is 0 Å². The molecule has 0 aromatic carbocycles. The number of aromatic nitrogens is 1. The molecular formula is C17H25N5O. The van der Waals surface area contributed by atoms with E-state index >= 15 is 0 Å². The third kappa shape index (κ3) is 4.42. The number of carbonyl (C=O) groups excluding carboxylic acids is 1. The van der Waals surface area contributed by atoms with Gasteiger partial charge in [-0.05, 0) is 32.4 Å². The van der Waals surface area contributed by atoms with Gasteiger partial charge in [0.25, 0.3) is 0 Å². The lowest BCUT2D eigenvalue weighted by Crippen LogP contribution is -2.42. The Balaban J connectivity index is 1.97. The summed E-state index contributed by atoms with van der Waals surface area (Å²) in [6.45, 7) is 7.83. The molecule has 2 rings (SSSR count). The van der Waals surface area contributed by atoms with Crippen LogP contribution in [-0.4, -0.2) is 66.5 Å². The van der Waals surface area contributed by atoms with Gasteiger partial charge >= 0.3 is 0 Å². The van der Waals surface area contributed by atoms with Gasteiger partial charge in [-0.15, -0.1) is 0 Å². The third-order valence-corrected chi connectivity index (χ3v) is 4.32. The summed E-state index contributed by atoms with van der Waals surface area (Å²) in [7, 11) is 1.85. The number of hydrogen-bond donors (Lipinski definition) is 0. The molecule has 6 heteroatoms. The maximum atomic E-state index is 12.2. The standard InChI is InChI=1S/C17H25N5O/c1-14(2)20(3)16(23)13-21-8-5-9-22(11-10-21)17-15(12-18)6-4-7-19-17/h4,6-7,14H,5,8-11,13H2,1-3H3. The molecular weight excluding hydrogens is 290 g/mol. The van der Waals surface area contributed by atoms with Crippen LogP contribution in [0.2, 0.25) is 0 Å². The van der Waals surface area contributed by atoms with Crippen molar-refractivity contribution in [3.8, 4) is 6.07 Å². The minimum atomic E-state index is 0.156. The molecule has 1 amide bonds. The average Bonchev–Trinajstić information content (AvgIpc) is 2.79. The number of nitriles is 1.